The lowest BCUT2D eigenvalue weighted by molar-refractivity contribution is 0.311. The number of imidazole rings is 1. The Kier molecular flexibility index (Phi) is 3.26. The fraction of sp³-hybridized carbons (Fsp3) is 0.556. The molecule has 0 aromatic carbocycles. The van der Waals surface area contributed by atoms with Crippen LogP contribution >= 0.6 is 0 Å². The van der Waals surface area contributed by atoms with Gasteiger partial charge in [-0.05, 0) is 12.8 Å². The Morgan fingerprint density at radius 1 is 1.67 bits per heavy atom. The van der Waals surface area contributed by atoms with Crippen molar-refractivity contribution >= 4 is 15.9 Å². The minimum absolute atomic E-state index is 0.0253. The van der Waals surface area contributed by atoms with Crippen LogP contribution in [0.2, 0.25) is 0 Å². The summed E-state index contributed by atoms with van der Waals surface area (Å²) in [5, 5.41) is 11.5. The minimum Gasteiger partial charge on any atom is -0.409 e. The molecule has 0 amide bonds. The van der Waals surface area contributed by atoms with Crippen LogP contribution in [0.3, 0.4) is 0 Å². The summed E-state index contributed by atoms with van der Waals surface area (Å²) in [4.78, 5) is 3.84. The van der Waals surface area contributed by atoms with Gasteiger partial charge in [0.05, 0.1) is 12.4 Å². The van der Waals surface area contributed by atoms with Gasteiger partial charge in [0.1, 0.15) is 0 Å². The van der Waals surface area contributed by atoms with Gasteiger partial charge in [-0.25, -0.2) is 13.4 Å². The van der Waals surface area contributed by atoms with E-state index >= 15 is 0 Å². The van der Waals surface area contributed by atoms with Crippen molar-refractivity contribution in [1.29, 1.82) is 0 Å². The van der Waals surface area contributed by atoms with Crippen LogP contribution < -0.4 is 5.73 Å². The van der Waals surface area contributed by atoms with Gasteiger partial charge in [-0.2, -0.15) is 4.31 Å². The quantitative estimate of drug-likeness (QED) is 0.328. The predicted molar refractivity (Wildman–Crippen MR) is 63.5 cm³/mol. The molecule has 2 heterocycles. The van der Waals surface area contributed by atoms with E-state index in [4.69, 9.17) is 10.9 Å². The van der Waals surface area contributed by atoms with Gasteiger partial charge in [-0.1, -0.05) is 5.16 Å². The second kappa shape index (κ2) is 4.58. The molecule has 0 saturated carbocycles. The minimum atomic E-state index is -3.69. The molecule has 0 aliphatic carbocycles. The van der Waals surface area contributed by atoms with Gasteiger partial charge < -0.3 is 15.5 Å². The number of hydrogen-bond donors (Lipinski definition) is 2. The van der Waals surface area contributed by atoms with E-state index in [2.05, 4.69) is 10.1 Å². The van der Waals surface area contributed by atoms with E-state index in [0.29, 0.717) is 19.4 Å². The smallest absolute Gasteiger partial charge is 0.262 e. The van der Waals surface area contributed by atoms with Gasteiger partial charge in [0.25, 0.3) is 10.0 Å². The zero-order chi connectivity index (χ0) is 13.3. The van der Waals surface area contributed by atoms with Gasteiger partial charge in [0, 0.05) is 19.8 Å². The number of nitrogens with two attached hydrogens (primary N) is 1. The van der Waals surface area contributed by atoms with Gasteiger partial charge in [0.2, 0.25) is 0 Å². The first-order valence-electron chi connectivity index (χ1n) is 5.44. The van der Waals surface area contributed by atoms with Gasteiger partial charge >= 0.3 is 0 Å². The average Bonchev–Trinajstić information content (AvgIpc) is 2.96. The number of amidine groups is 1. The number of sulfonamides is 1. The molecule has 1 aromatic rings. The Morgan fingerprint density at radius 2 is 2.39 bits per heavy atom. The van der Waals surface area contributed by atoms with Crippen molar-refractivity contribution in [3.8, 4) is 0 Å². The topological polar surface area (TPSA) is 114 Å². The van der Waals surface area contributed by atoms with E-state index in [1.165, 1.54) is 16.8 Å². The number of oxime groups is 1. The van der Waals surface area contributed by atoms with E-state index in [-0.39, 0.29) is 10.9 Å². The predicted octanol–water partition coefficient (Wildman–Crippen LogP) is -0.680. The second-order valence-corrected chi connectivity index (χ2v) is 6.01. The van der Waals surface area contributed by atoms with E-state index in [9.17, 15) is 8.42 Å². The van der Waals surface area contributed by atoms with Crippen molar-refractivity contribution in [3.63, 3.8) is 0 Å². The lowest BCUT2D eigenvalue weighted by atomic mass is 10.2. The molecule has 1 saturated heterocycles. The molecule has 1 aliphatic rings. The zero-order valence-corrected chi connectivity index (χ0v) is 10.7. The molecular formula is C9H15N5O3S. The van der Waals surface area contributed by atoms with Crippen LogP contribution in [0.25, 0.3) is 0 Å². The van der Waals surface area contributed by atoms with Gasteiger partial charge in [-0.3, -0.25) is 0 Å². The Labute approximate surface area is 105 Å². The first kappa shape index (κ1) is 12.8. The van der Waals surface area contributed by atoms with E-state index in [1.54, 1.807) is 11.6 Å². The maximum absolute atomic E-state index is 12.3. The van der Waals surface area contributed by atoms with Crippen molar-refractivity contribution in [3.05, 3.63) is 12.5 Å². The highest BCUT2D eigenvalue weighted by molar-refractivity contribution is 7.89. The Bertz CT molecular complexity index is 565. The Hall–Kier alpha value is -1.61. The summed E-state index contributed by atoms with van der Waals surface area (Å²) in [5.41, 5.74) is 5.52. The average molecular weight is 273 g/mol. The standard InChI is InChI=1S/C9H15N5O3S/c1-13-5-8(11-6-13)18(16,17)14-4-2-3-7(14)9(10)12-15/h5-7,15H,2-4H2,1H3,(H2,10,12). The molecular weight excluding hydrogens is 258 g/mol. The zero-order valence-electron chi connectivity index (χ0n) is 9.89. The molecule has 0 radical (unpaired) electrons. The summed E-state index contributed by atoms with van der Waals surface area (Å²) in [6, 6.07) is -0.595. The van der Waals surface area contributed by atoms with Crippen molar-refractivity contribution in [2.24, 2.45) is 17.9 Å². The fourth-order valence-electron chi connectivity index (χ4n) is 2.03. The number of hydrogen-bond acceptors (Lipinski definition) is 5. The van der Waals surface area contributed by atoms with E-state index in [0.717, 1.165) is 0 Å². The molecule has 0 bridgehead atoms. The number of aryl methyl sites for hydroxylation is 1. The van der Waals surface area contributed by atoms with Crippen molar-refractivity contribution in [2.45, 2.75) is 23.9 Å². The molecule has 1 atom stereocenters. The maximum Gasteiger partial charge on any atom is 0.262 e. The van der Waals surface area contributed by atoms with Crippen LogP contribution in [0.5, 0.6) is 0 Å². The molecule has 1 fully saturated rings. The van der Waals surface area contributed by atoms with Crippen LogP contribution in [0.1, 0.15) is 12.8 Å². The molecule has 0 spiro atoms. The highest BCUT2D eigenvalue weighted by Crippen LogP contribution is 2.25. The van der Waals surface area contributed by atoms with Crippen LogP contribution in [-0.2, 0) is 17.1 Å². The first-order chi connectivity index (χ1) is 8.46. The maximum atomic E-state index is 12.3. The number of aromatic nitrogens is 2. The lowest BCUT2D eigenvalue weighted by Gasteiger charge is -2.21. The molecule has 2 rings (SSSR count). The molecule has 3 N–H and O–H groups in total. The third-order valence-corrected chi connectivity index (χ3v) is 4.71. The van der Waals surface area contributed by atoms with Gasteiger partial charge in [0.15, 0.2) is 10.9 Å². The summed E-state index contributed by atoms with van der Waals surface area (Å²) >= 11 is 0. The summed E-state index contributed by atoms with van der Waals surface area (Å²) in [5.74, 6) is -0.0907. The molecule has 1 aliphatic heterocycles. The summed E-state index contributed by atoms with van der Waals surface area (Å²) in [7, 11) is -2.00. The Morgan fingerprint density at radius 3 is 2.94 bits per heavy atom. The first-order valence-corrected chi connectivity index (χ1v) is 6.88. The molecule has 9 heteroatoms. The molecule has 1 unspecified atom stereocenters. The highest BCUT2D eigenvalue weighted by Gasteiger charge is 2.38. The Balaban J connectivity index is 2.35. The summed E-state index contributed by atoms with van der Waals surface area (Å²) in [6.45, 7) is 0.347. The largest absolute Gasteiger partial charge is 0.409 e. The normalized spacial score (nSPS) is 22.5. The van der Waals surface area contributed by atoms with Crippen LogP contribution in [0.4, 0.5) is 0 Å². The lowest BCUT2D eigenvalue weighted by Crippen LogP contribution is -2.43. The molecule has 100 valence electrons. The molecule has 1 aromatic heterocycles. The summed E-state index contributed by atoms with van der Waals surface area (Å²) in [6.07, 6.45) is 4.06. The van der Waals surface area contributed by atoms with E-state index in [1.807, 2.05) is 0 Å². The third kappa shape index (κ3) is 2.06. The van der Waals surface area contributed by atoms with Crippen LogP contribution in [-0.4, -0.2) is 45.9 Å². The number of nitrogens with zero attached hydrogens (tertiary/aromatic N) is 4. The number of rotatable bonds is 3. The van der Waals surface area contributed by atoms with E-state index < -0.39 is 16.1 Å². The van der Waals surface area contributed by atoms with Crippen molar-refractivity contribution in [2.75, 3.05) is 6.54 Å². The third-order valence-electron chi connectivity index (χ3n) is 2.91. The summed E-state index contributed by atoms with van der Waals surface area (Å²) < 4.78 is 27.5. The van der Waals surface area contributed by atoms with Crippen LogP contribution in [0, 0.1) is 0 Å². The van der Waals surface area contributed by atoms with Crippen LogP contribution in [0.15, 0.2) is 22.7 Å². The fourth-order valence-corrected chi connectivity index (χ4v) is 3.67. The second-order valence-electron chi connectivity index (χ2n) is 4.18. The molecule has 18 heavy (non-hydrogen) atoms. The monoisotopic (exact) mass is 273 g/mol. The van der Waals surface area contributed by atoms with Crippen molar-refractivity contribution < 1.29 is 13.6 Å². The van der Waals surface area contributed by atoms with Crippen molar-refractivity contribution in [1.82, 2.24) is 13.9 Å². The van der Waals surface area contributed by atoms with Gasteiger partial charge in [-0.15, -0.1) is 0 Å². The molecule has 8 nitrogen and oxygen atoms in total. The highest BCUT2D eigenvalue weighted by atomic mass is 32.2. The SMILES string of the molecule is Cn1cnc(S(=O)(=O)N2CCCC2C(N)=NO)c1.